The minimum absolute atomic E-state index is 0.0654. The predicted octanol–water partition coefficient (Wildman–Crippen LogP) is 1.96. The first-order chi connectivity index (χ1) is 10.2. The zero-order valence-corrected chi connectivity index (χ0v) is 13.0. The topological polar surface area (TPSA) is 60.0 Å². The van der Waals surface area contributed by atoms with Crippen LogP contribution in [0.1, 0.15) is 25.3 Å². The van der Waals surface area contributed by atoms with Gasteiger partial charge in [0.25, 0.3) is 0 Å². The SMILES string of the molecule is COc1cc(CNC2CC2)cc(OC)c1OCC(C)CO. The van der Waals surface area contributed by atoms with Crippen LogP contribution >= 0.6 is 0 Å². The molecular weight excluding hydrogens is 270 g/mol. The molecule has 1 aliphatic carbocycles. The highest BCUT2D eigenvalue weighted by Crippen LogP contribution is 2.39. The van der Waals surface area contributed by atoms with E-state index in [9.17, 15) is 0 Å². The van der Waals surface area contributed by atoms with Gasteiger partial charge in [-0.25, -0.2) is 0 Å². The van der Waals surface area contributed by atoms with Gasteiger partial charge in [0.2, 0.25) is 5.75 Å². The molecule has 118 valence electrons. The predicted molar refractivity (Wildman–Crippen MR) is 81.2 cm³/mol. The molecule has 0 saturated heterocycles. The van der Waals surface area contributed by atoms with E-state index in [0.717, 1.165) is 12.1 Å². The highest BCUT2D eigenvalue weighted by molar-refractivity contribution is 5.53. The van der Waals surface area contributed by atoms with Crippen molar-refractivity contribution < 1.29 is 19.3 Å². The lowest BCUT2D eigenvalue weighted by molar-refractivity contribution is 0.167. The summed E-state index contributed by atoms with van der Waals surface area (Å²) in [6.45, 7) is 3.23. The van der Waals surface area contributed by atoms with E-state index in [1.54, 1.807) is 14.2 Å². The number of benzene rings is 1. The summed E-state index contributed by atoms with van der Waals surface area (Å²) < 4.78 is 16.6. The van der Waals surface area contributed by atoms with Crippen LogP contribution in [0.5, 0.6) is 17.2 Å². The summed E-state index contributed by atoms with van der Waals surface area (Å²) in [6.07, 6.45) is 2.52. The van der Waals surface area contributed by atoms with Crippen molar-refractivity contribution in [2.45, 2.75) is 32.4 Å². The molecule has 1 atom stereocenters. The Bertz CT molecular complexity index is 435. The Labute approximate surface area is 126 Å². The molecule has 5 nitrogen and oxygen atoms in total. The summed E-state index contributed by atoms with van der Waals surface area (Å²) in [4.78, 5) is 0. The van der Waals surface area contributed by atoms with Crippen LogP contribution < -0.4 is 19.5 Å². The summed E-state index contributed by atoms with van der Waals surface area (Å²) >= 11 is 0. The van der Waals surface area contributed by atoms with Gasteiger partial charge in [-0.15, -0.1) is 0 Å². The van der Waals surface area contributed by atoms with E-state index in [1.807, 2.05) is 19.1 Å². The Morgan fingerprint density at radius 2 is 1.86 bits per heavy atom. The first-order valence-corrected chi connectivity index (χ1v) is 7.39. The van der Waals surface area contributed by atoms with E-state index in [0.29, 0.717) is 29.9 Å². The maximum absolute atomic E-state index is 9.09. The fourth-order valence-electron chi connectivity index (χ4n) is 2.01. The molecule has 1 aromatic carbocycles. The van der Waals surface area contributed by atoms with Crippen molar-refractivity contribution in [3.05, 3.63) is 17.7 Å². The van der Waals surface area contributed by atoms with Crippen LogP contribution in [0.3, 0.4) is 0 Å². The third kappa shape index (κ3) is 4.51. The van der Waals surface area contributed by atoms with E-state index < -0.39 is 0 Å². The Hall–Kier alpha value is -1.46. The molecule has 2 N–H and O–H groups in total. The minimum Gasteiger partial charge on any atom is -0.493 e. The van der Waals surface area contributed by atoms with Gasteiger partial charge in [0.1, 0.15) is 0 Å². The fourth-order valence-corrected chi connectivity index (χ4v) is 2.01. The minimum atomic E-state index is 0.0654. The lowest BCUT2D eigenvalue weighted by atomic mass is 10.1. The zero-order valence-electron chi connectivity index (χ0n) is 13.0. The van der Waals surface area contributed by atoms with Crippen LogP contribution in [0, 0.1) is 5.92 Å². The molecule has 1 aromatic rings. The van der Waals surface area contributed by atoms with E-state index in [4.69, 9.17) is 19.3 Å². The number of aliphatic hydroxyl groups excluding tert-OH is 1. The van der Waals surface area contributed by atoms with E-state index >= 15 is 0 Å². The summed E-state index contributed by atoms with van der Waals surface area (Å²) in [5.74, 6) is 1.98. The lowest BCUT2D eigenvalue weighted by Crippen LogP contribution is -2.16. The Morgan fingerprint density at radius 3 is 2.33 bits per heavy atom. The highest BCUT2D eigenvalue weighted by atomic mass is 16.5. The average Bonchev–Trinajstić information content (AvgIpc) is 3.34. The quantitative estimate of drug-likeness (QED) is 0.729. The fraction of sp³-hybridized carbons (Fsp3) is 0.625. The van der Waals surface area contributed by atoms with Gasteiger partial charge in [-0.1, -0.05) is 6.92 Å². The van der Waals surface area contributed by atoms with Crippen molar-refractivity contribution in [3.63, 3.8) is 0 Å². The van der Waals surface area contributed by atoms with Gasteiger partial charge in [-0.3, -0.25) is 0 Å². The molecule has 0 aromatic heterocycles. The monoisotopic (exact) mass is 295 g/mol. The molecule has 2 rings (SSSR count). The maximum atomic E-state index is 9.09. The number of ether oxygens (including phenoxy) is 3. The third-order valence-electron chi connectivity index (χ3n) is 3.52. The van der Waals surface area contributed by atoms with Gasteiger partial charge < -0.3 is 24.6 Å². The second kappa shape index (κ2) is 7.52. The second-order valence-electron chi connectivity index (χ2n) is 5.58. The van der Waals surface area contributed by atoms with Crippen molar-refractivity contribution >= 4 is 0 Å². The van der Waals surface area contributed by atoms with Crippen LogP contribution in [0.2, 0.25) is 0 Å². The normalized spacial score (nSPS) is 15.6. The largest absolute Gasteiger partial charge is 0.493 e. The summed E-state index contributed by atoms with van der Waals surface area (Å²) in [5, 5.41) is 12.6. The van der Waals surface area contributed by atoms with Crippen molar-refractivity contribution in [1.29, 1.82) is 0 Å². The molecule has 1 fully saturated rings. The Morgan fingerprint density at radius 1 is 1.24 bits per heavy atom. The molecule has 5 heteroatoms. The van der Waals surface area contributed by atoms with E-state index in [1.165, 1.54) is 12.8 Å². The van der Waals surface area contributed by atoms with Gasteiger partial charge in [0.05, 0.1) is 20.8 Å². The van der Waals surface area contributed by atoms with Crippen molar-refractivity contribution in [3.8, 4) is 17.2 Å². The number of methoxy groups -OCH3 is 2. The molecule has 0 bridgehead atoms. The molecule has 21 heavy (non-hydrogen) atoms. The second-order valence-corrected chi connectivity index (χ2v) is 5.58. The van der Waals surface area contributed by atoms with Gasteiger partial charge in [0, 0.05) is 25.1 Å². The molecular formula is C16H25NO4. The molecule has 0 aliphatic heterocycles. The number of aliphatic hydroxyl groups is 1. The van der Waals surface area contributed by atoms with Crippen LogP contribution in [0.4, 0.5) is 0 Å². The van der Waals surface area contributed by atoms with Crippen LogP contribution in [0.15, 0.2) is 12.1 Å². The molecule has 1 saturated carbocycles. The van der Waals surface area contributed by atoms with Gasteiger partial charge in [0.15, 0.2) is 11.5 Å². The standard InChI is InChI=1S/C16H25NO4/c1-11(9-18)10-21-16-14(19-2)6-12(7-15(16)20-3)8-17-13-4-5-13/h6-7,11,13,17-18H,4-5,8-10H2,1-3H3. The maximum Gasteiger partial charge on any atom is 0.203 e. The molecule has 0 radical (unpaired) electrons. The van der Waals surface area contributed by atoms with Gasteiger partial charge >= 0.3 is 0 Å². The number of rotatable bonds is 9. The number of nitrogens with one attached hydrogen (secondary N) is 1. The lowest BCUT2D eigenvalue weighted by Gasteiger charge is -2.18. The van der Waals surface area contributed by atoms with Crippen LogP contribution in [-0.2, 0) is 6.54 Å². The molecule has 0 spiro atoms. The summed E-state index contributed by atoms with van der Waals surface area (Å²) in [7, 11) is 3.24. The smallest absolute Gasteiger partial charge is 0.203 e. The first-order valence-electron chi connectivity index (χ1n) is 7.39. The van der Waals surface area contributed by atoms with Gasteiger partial charge in [-0.05, 0) is 30.5 Å². The number of hydrogen-bond acceptors (Lipinski definition) is 5. The van der Waals surface area contributed by atoms with Crippen molar-refractivity contribution in [2.75, 3.05) is 27.4 Å². The summed E-state index contributed by atoms with van der Waals surface area (Å²) in [6, 6.07) is 4.59. The Kier molecular flexibility index (Phi) is 5.70. The average molecular weight is 295 g/mol. The van der Waals surface area contributed by atoms with Crippen molar-refractivity contribution in [1.82, 2.24) is 5.32 Å². The third-order valence-corrected chi connectivity index (χ3v) is 3.52. The molecule has 1 aliphatic rings. The zero-order chi connectivity index (χ0) is 15.2. The number of hydrogen-bond donors (Lipinski definition) is 2. The van der Waals surface area contributed by atoms with E-state index in [2.05, 4.69) is 5.32 Å². The van der Waals surface area contributed by atoms with E-state index in [-0.39, 0.29) is 12.5 Å². The van der Waals surface area contributed by atoms with Gasteiger partial charge in [-0.2, -0.15) is 0 Å². The summed E-state index contributed by atoms with van der Waals surface area (Å²) in [5.41, 5.74) is 1.11. The Balaban J connectivity index is 2.12. The molecule has 0 amide bonds. The molecule has 0 heterocycles. The molecule has 1 unspecified atom stereocenters. The first kappa shape index (κ1) is 15.9. The van der Waals surface area contributed by atoms with Crippen LogP contribution in [-0.4, -0.2) is 38.6 Å². The highest BCUT2D eigenvalue weighted by Gasteiger charge is 2.21. The van der Waals surface area contributed by atoms with Crippen molar-refractivity contribution in [2.24, 2.45) is 5.92 Å². The van der Waals surface area contributed by atoms with Crippen LogP contribution in [0.25, 0.3) is 0 Å².